The third kappa shape index (κ3) is 3.68. The van der Waals surface area contributed by atoms with Crippen molar-refractivity contribution in [3.05, 3.63) is 65.4 Å². The molecule has 0 aliphatic carbocycles. The van der Waals surface area contributed by atoms with Crippen LogP contribution >= 0.6 is 0 Å². The Morgan fingerprint density at radius 3 is 2.44 bits per heavy atom. The summed E-state index contributed by atoms with van der Waals surface area (Å²) in [6.07, 6.45) is -9.82. The predicted molar refractivity (Wildman–Crippen MR) is 127 cm³/mol. The monoisotopic (exact) mass is 472 g/mol. The minimum atomic E-state index is -3.44. The van der Waals surface area contributed by atoms with Crippen molar-refractivity contribution in [1.29, 1.82) is 0 Å². The van der Waals surface area contributed by atoms with E-state index in [4.69, 9.17) is 28.3 Å². The van der Waals surface area contributed by atoms with Gasteiger partial charge in [-0.2, -0.15) is 5.10 Å². The van der Waals surface area contributed by atoms with E-state index in [2.05, 4.69) is 5.10 Å². The molecular weight excluding hydrogens is 434 g/mol. The quantitative estimate of drug-likeness (QED) is 0.614. The zero-order valence-corrected chi connectivity index (χ0v) is 17.4. The first-order valence-corrected chi connectivity index (χ1v) is 9.99. The topological polar surface area (TPSA) is 111 Å². The molecule has 34 heavy (non-hydrogen) atoms. The molecule has 0 spiro atoms. The van der Waals surface area contributed by atoms with Crippen LogP contribution in [0.3, 0.4) is 0 Å². The second-order valence-corrected chi connectivity index (χ2v) is 7.27. The summed E-state index contributed by atoms with van der Waals surface area (Å²) >= 11 is 0. The van der Waals surface area contributed by atoms with Gasteiger partial charge in [0.05, 0.1) is 22.3 Å². The van der Waals surface area contributed by atoms with Crippen LogP contribution in [0.5, 0.6) is 5.75 Å². The number of hydrogen-bond donors (Lipinski definition) is 1. The molecule has 2 aliphatic rings. The van der Waals surface area contributed by atoms with E-state index < -0.39 is 86.0 Å². The van der Waals surface area contributed by atoms with Gasteiger partial charge in [-0.1, -0.05) is 0 Å². The molecule has 5 rings (SSSR count). The fourth-order valence-corrected chi connectivity index (χ4v) is 3.72. The second-order valence-electron chi connectivity index (χ2n) is 7.27. The van der Waals surface area contributed by atoms with Gasteiger partial charge in [0, 0.05) is 44.6 Å². The minimum absolute atomic E-state index is 0.0361. The number of primary amides is 1. The number of rotatable bonds is 5. The van der Waals surface area contributed by atoms with E-state index in [1.807, 2.05) is 0 Å². The molecule has 2 aliphatic heterocycles. The molecule has 0 bridgehead atoms. The molecule has 1 saturated heterocycles. The Morgan fingerprint density at radius 1 is 1.06 bits per heavy atom. The number of carbonyl (C=O) groups is 3. The molecule has 1 aromatic heterocycles. The number of amides is 3. The van der Waals surface area contributed by atoms with Gasteiger partial charge in [0.1, 0.15) is 11.4 Å². The summed E-state index contributed by atoms with van der Waals surface area (Å²) in [7, 11) is -2.74. The van der Waals surface area contributed by atoms with Crippen LogP contribution in [0.4, 0.5) is 11.4 Å². The van der Waals surface area contributed by atoms with Crippen LogP contribution in [0.15, 0.2) is 48.4 Å². The summed E-state index contributed by atoms with van der Waals surface area (Å²) in [5.41, 5.74) is 4.00. The third-order valence-corrected chi connectivity index (χ3v) is 5.33. The highest BCUT2D eigenvalue weighted by Crippen LogP contribution is 2.31. The lowest BCUT2D eigenvalue weighted by atomic mass is 10.0. The number of methoxy groups -OCH3 is 1. The summed E-state index contributed by atoms with van der Waals surface area (Å²) < 4.78 is 110. The standard InChI is InChI=1S/C25H25N5O4/c1-34-19-11-9-18(10-12-19)30-23-20(22(27-30)24(26)32)13-15-29(25(23)33)17-7-5-16(6-8-17)28-14-3-2-4-21(28)31/h5-12H,2-4,13-15H2,1H3,(H2,26,32)/i1D3,2D2,3D2,4D2,5D,6D,7D,8D. The van der Waals surface area contributed by atoms with E-state index in [0.717, 1.165) is 9.58 Å². The first kappa shape index (κ1) is 11.3. The van der Waals surface area contributed by atoms with Gasteiger partial charge in [0.2, 0.25) is 5.91 Å². The number of ether oxygens (including phenoxy) is 1. The smallest absolute Gasteiger partial charge is 0.277 e. The maximum Gasteiger partial charge on any atom is 0.277 e. The lowest BCUT2D eigenvalue weighted by molar-refractivity contribution is -0.119. The molecule has 3 aromatic rings. The molecule has 2 aromatic carbocycles. The third-order valence-electron chi connectivity index (χ3n) is 5.33. The van der Waals surface area contributed by atoms with Crippen molar-refractivity contribution in [3.63, 3.8) is 0 Å². The van der Waals surface area contributed by atoms with Gasteiger partial charge in [0.15, 0.2) is 5.69 Å². The molecule has 3 heterocycles. The Morgan fingerprint density at radius 2 is 1.76 bits per heavy atom. The summed E-state index contributed by atoms with van der Waals surface area (Å²) in [5.74, 6) is -3.53. The summed E-state index contributed by atoms with van der Waals surface area (Å²) in [5, 5.41) is 4.18. The summed E-state index contributed by atoms with van der Waals surface area (Å²) in [4.78, 5) is 40.6. The normalized spacial score (nSPS) is 26.3. The molecule has 0 unspecified atom stereocenters. The van der Waals surface area contributed by atoms with Crippen molar-refractivity contribution in [2.75, 3.05) is 29.9 Å². The molecular formula is C25H25N5O4. The number of hydrogen-bond acceptors (Lipinski definition) is 5. The van der Waals surface area contributed by atoms with Gasteiger partial charge in [-0.05, 0) is 67.6 Å². The Hall–Kier alpha value is -4.14. The maximum atomic E-state index is 14.0. The Labute approximate surface area is 215 Å². The molecule has 9 nitrogen and oxygen atoms in total. The highest BCUT2D eigenvalue weighted by molar-refractivity contribution is 6.09. The highest BCUT2D eigenvalue weighted by Gasteiger charge is 2.34. The lowest BCUT2D eigenvalue weighted by Gasteiger charge is -2.29. The van der Waals surface area contributed by atoms with Crippen LogP contribution in [0.1, 0.15) is 63.5 Å². The molecule has 0 saturated carbocycles. The van der Waals surface area contributed by atoms with Gasteiger partial charge in [-0.3, -0.25) is 14.4 Å². The molecule has 3 amide bonds. The number of nitrogens with zero attached hydrogens (tertiary/aromatic N) is 4. The number of nitrogens with two attached hydrogens (primary N) is 1. The highest BCUT2D eigenvalue weighted by atomic mass is 16.5. The van der Waals surface area contributed by atoms with Crippen molar-refractivity contribution in [2.24, 2.45) is 5.73 Å². The van der Waals surface area contributed by atoms with Crippen molar-refractivity contribution in [3.8, 4) is 11.4 Å². The van der Waals surface area contributed by atoms with Crippen LogP contribution in [-0.4, -0.2) is 47.6 Å². The molecule has 174 valence electrons. The van der Waals surface area contributed by atoms with E-state index in [-0.39, 0.29) is 41.4 Å². The summed E-state index contributed by atoms with van der Waals surface area (Å²) in [6.45, 7) is -1.39. The van der Waals surface area contributed by atoms with Gasteiger partial charge >= 0.3 is 0 Å². The van der Waals surface area contributed by atoms with E-state index in [1.165, 1.54) is 24.3 Å². The first-order valence-electron chi connectivity index (χ1n) is 16.5. The Kier molecular flexibility index (Phi) is 2.88. The predicted octanol–water partition coefficient (Wildman–Crippen LogP) is 2.70. The zero-order chi connectivity index (χ0) is 35.2. The first-order chi connectivity index (χ1) is 21.5. The van der Waals surface area contributed by atoms with Crippen molar-refractivity contribution in [2.45, 2.75) is 25.5 Å². The maximum absolute atomic E-state index is 14.0. The van der Waals surface area contributed by atoms with E-state index in [0.29, 0.717) is 4.90 Å². The fourth-order valence-electron chi connectivity index (χ4n) is 3.72. The van der Waals surface area contributed by atoms with Crippen molar-refractivity contribution >= 4 is 29.1 Å². The molecule has 2 N–H and O–H groups in total. The van der Waals surface area contributed by atoms with Crippen molar-refractivity contribution < 1.29 is 36.9 Å². The van der Waals surface area contributed by atoms with E-state index in [1.54, 1.807) is 0 Å². The number of carbonyl (C=O) groups excluding carboxylic acids is 3. The average Bonchev–Trinajstić information content (AvgIpc) is 3.36. The van der Waals surface area contributed by atoms with E-state index in [9.17, 15) is 14.4 Å². The van der Waals surface area contributed by atoms with Crippen molar-refractivity contribution in [1.82, 2.24) is 9.78 Å². The van der Waals surface area contributed by atoms with Gasteiger partial charge in [-0.25, -0.2) is 4.68 Å². The van der Waals surface area contributed by atoms with E-state index >= 15 is 0 Å². The lowest BCUT2D eigenvalue weighted by Crippen LogP contribution is -2.39. The zero-order valence-electron chi connectivity index (χ0n) is 30.4. The van der Waals surface area contributed by atoms with Crippen LogP contribution in [0, 0.1) is 0 Å². The molecule has 0 radical (unpaired) electrons. The second kappa shape index (κ2) is 8.66. The van der Waals surface area contributed by atoms with Crippen LogP contribution in [0.25, 0.3) is 5.69 Å². The number of aromatic nitrogens is 2. The Balaban J connectivity index is 1.60. The number of anilines is 2. The van der Waals surface area contributed by atoms with Gasteiger partial charge in [0.25, 0.3) is 11.8 Å². The molecule has 1 fully saturated rings. The number of benzene rings is 2. The minimum Gasteiger partial charge on any atom is -0.497 e. The SMILES string of the molecule is [2H]c1c([2H])c(N2CC([2H])([2H])C([2H])([2H])C([2H])([2H])C2=O)c([2H])c([2H])c1N1CCc2c(C(N)=O)nn(-c3ccc(OC([2H])([2H])[2H])cc3)c2C1=O. The van der Waals surface area contributed by atoms with Crippen LogP contribution < -0.4 is 20.3 Å². The summed E-state index contributed by atoms with van der Waals surface area (Å²) in [6, 6.07) is 1.75. The Bertz CT molecular complexity index is 1810. The molecule has 9 heteroatoms. The van der Waals surface area contributed by atoms with Gasteiger partial charge in [-0.15, -0.1) is 0 Å². The average molecular weight is 473 g/mol. The number of piperidine rings is 1. The fraction of sp³-hybridized carbons (Fsp3) is 0.280. The van der Waals surface area contributed by atoms with Crippen LogP contribution in [-0.2, 0) is 11.2 Å². The largest absolute Gasteiger partial charge is 0.497 e. The van der Waals surface area contributed by atoms with Gasteiger partial charge < -0.3 is 20.3 Å². The number of fused-ring (bicyclic) bond motifs is 1. The molecule has 0 atom stereocenters. The van der Waals surface area contributed by atoms with Crippen LogP contribution in [0.2, 0.25) is 0 Å².